The molecule has 25 heavy (non-hydrogen) atoms. The molecule has 7 heteroatoms. The smallest absolute Gasteiger partial charge is 0.191 e. The zero-order valence-electron chi connectivity index (χ0n) is 14.8. The van der Waals surface area contributed by atoms with Gasteiger partial charge in [0.25, 0.3) is 0 Å². The zero-order chi connectivity index (χ0) is 17.2. The third-order valence-electron chi connectivity index (χ3n) is 3.58. The Morgan fingerprint density at radius 1 is 1.28 bits per heavy atom. The second-order valence-electron chi connectivity index (χ2n) is 5.86. The van der Waals surface area contributed by atoms with E-state index in [1.807, 2.05) is 29.1 Å². The summed E-state index contributed by atoms with van der Waals surface area (Å²) in [6, 6.07) is 9.90. The average molecular weight is 476 g/mol. The predicted octanol–water partition coefficient (Wildman–Crippen LogP) is 3.59. The third-order valence-corrected chi connectivity index (χ3v) is 3.83. The van der Waals surface area contributed by atoms with E-state index in [1.54, 1.807) is 6.20 Å². The highest BCUT2D eigenvalue weighted by atomic mass is 127. The number of rotatable bonds is 8. The van der Waals surface area contributed by atoms with Crippen molar-refractivity contribution in [2.75, 3.05) is 19.6 Å². The van der Waals surface area contributed by atoms with E-state index in [0.29, 0.717) is 5.92 Å². The molecule has 0 aliphatic heterocycles. The molecule has 0 spiro atoms. The summed E-state index contributed by atoms with van der Waals surface area (Å²) in [5.74, 6) is 1.29. The monoisotopic (exact) mass is 475 g/mol. The first-order valence-electron chi connectivity index (χ1n) is 8.41. The summed E-state index contributed by atoms with van der Waals surface area (Å²) < 4.78 is 1.95. The van der Waals surface area contributed by atoms with Crippen LogP contribution in [0.5, 0.6) is 0 Å². The van der Waals surface area contributed by atoms with Crippen LogP contribution in [0.15, 0.2) is 47.7 Å². The number of hydrogen-bond acceptors (Lipinski definition) is 2. The lowest BCUT2D eigenvalue weighted by atomic mass is 10.1. The van der Waals surface area contributed by atoms with Gasteiger partial charge in [-0.3, -0.25) is 9.67 Å². The molecule has 2 rings (SSSR count). The molecule has 0 saturated carbocycles. The van der Waals surface area contributed by atoms with Crippen LogP contribution in [0.4, 0.5) is 0 Å². The van der Waals surface area contributed by atoms with Crippen molar-refractivity contribution in [3.63, 3.8) is 0 Å². The van der Waals surface area contributed by atoms with Gasteiger partial charge in [-0.15, -0.1) is 24.0 Å². The van der Waals surface area contributed by atoms with E-state index in [-0.39, 0.29) is 24.0 Å². The Kier molecular flexibility index (Phi) is 10.6. The second-order valence-corrected chi connectivity index (χ2v) is 6.29. The molecule has 0 fully saturated rings. The van der Waals surface area contributed by atoms with Crippen LogP contribution in [-0.2, 0) is 13.0 Å². The zero-order valence-corrected chi connectivity index (χ0v) is 17.9. The topological polar surface area (TPSA) is 54.2 Å². The van der Waals surface area contributed by atoms with Gasteiger partial charge in [-0.05, 0) is 43.0 Å². The van der Waals surface area contributed by atoms with Crippen LogP contribution < -0.4 is 10.6 Å². The number of nitrogens with zero attached hydrogens (tertiary/aromatic N) is 3. The van der Waals surface area contributed by atoms with E-state index in [2.05, 4.69) is 46.7 Å². The fourth-order valence-electron chi connectivity index (χ4n) is 2.35. The molecule has 1 aromatic carbocycles. The lowest BCUT2D eigenvalue weighted by Gasteiger charge is -2.13. The molecule has 2 aromatic rings. The van der Waals surface area contributed by atoms with Gasteiger partial charge in [0.2, 0.25) is 0 Å². The molecule has 5 nitrogen and oxygen atoms in total. The van der Waals surface area contributed by atoms with Gasteiger partial charge < -0.3 is 10.6 Å². The molecular weight excluding hydrogens is 449 g/mol. The van der Waals surface area contributed by atoms with Gasteiger partial charge in [-0.2, -0.15) is 5.10 Å². The van der Waals surface area contributed by atoms with Crippen molar-refractivity contribution in [3.8, 4) is 0 Å². The fourth-order valence-corrected chi connectivity index (χ4v) is 2.48. The average Bonchev–Trinajstić information content (AvgIpc) is 3.07. The van der Waals surface area contributed by atoms with Gasteiger partial charge in [0.05, 0.1) is 0 Å². The Hall–Kier alpha value is -1.28. The summed E-state index contributed by atoms with van der Waals surface area (Å²) in [5, 5.41) is 11.7. The Morgan fingerprint density at radius 3 is 2.68 bits per heavy atom. The SMILES string of the molecule is CCNC(=NCC(C)Cn1cccn1)NCCc1ccc(Cl)cc1.I. The molecule has 0 amide bonds. The number of aromatic nitrogens is 2. The van der Waals surface area contributed by atoms with Gasteiger partial charge >= 0.3 is 0 Å². The summed E-state index contributed by atoms with van der Waals surface area (Å²) >= 11 is 5.91. The van der Waals surface area contributed by atoms with Crippen LogP contribution in [0, 0.1) is 5.92 Å². The molecule has 0 bridgehead atoms. The van der Waals surface area contributed by atoms with Crippen molar-refractivity contribution >= 4 is 41.5 Å². The molecule has 0 aliphatic carbocycles. The molecule has 0 radical (unpaired) electrons. The minimum atomic E-state index is 0. The normalized spacial score (nSPS) is 12.4. The van der Waals surface area contributed by atoms with E-state index < -0.39 is 0 Å². The Morgan fingerprint density at radius 2 is 2.04 bits per heavy atom. The molecule has 1 heterocycles. The number of guanidine groups is 1. The van der Waals surface area contributed by atoms with Crippen LogP contribution >= 0.6 is 35.6 Å². The number of nitrogens with one attached hydrogen (secondary N) is 2. The van der Waals surface area contributed by atoms with Crippen LogP contribution in [0.25, 0.3) is 0 Å². The minimum absolute atomic E-state index is 0. The third kappa shape index (κ3) is 8.58. The number of hydrogen-bond donors (Lipinski definition) is 2. The lowest BCUT2D eigenvalue weighted by molar-refractivity contribution is 0.458. The first kappa shape index (κ1) is 21.8. The van der Waals surface area contributed by atoms with Gasteiger partial charge in [-0.25, -0.2) is 0 Å². The van der Waals surface area contributed by atoms with Crippen LogP contribution in [-0.4, -0.2) is 35.4 Å². The molecule has 1 unspecified atom stereocenters. The van der Waals surface area contributed by atoms with Crippen molar-refractivity contribution in [2.45, 2.75) is 26.8 Å². The van der Waals surface area contributed by atoms with Crippen LogP contribution in [0.2, 0.25) is 5.02 Å². The van der Waals surface area contributed by atoms with Crippen LogP contribution in [0.3, 0.4) is 0 Å². The second kappa shape index (κ2) is 12.1. The number of benzene rings is 1. The fraction of sp³-hybridized carbons (Fsp3) is 0.444. The van der Waals surface area contributed by atoms with Crippen molar-refractivity contribution in [2.24, 2.45) is 10.9 Å². The molecule has 0 aliphatic rings. The van der Waals surface area contributed by atoms with Crippen molar-refractivity contribution in [1.82, 2.24) is 20.4 Å². The summed E-state index contributed by atoms with van der Waals surface area (Å²) in [4.78, 5) is 4.67. The van der Waals surface area contributed by atoms with Crippen LogP contribution in [0.1, 0.15) is 19.4 Å². The number of halogens is 2. The van der Waals surface area contributed by atoms with Gasteiger partial charge in [0.1, 0.15) is 0 Å². The first-order chi connectivity index (χ1) is 11.7. The van der Waals surface area contributed by atoms with Crippen molar-refractivity contribution < 1.29 is 0 Å². The van der Waals surface area contributed by atoms with Gasteiger partial charge in [0.15, 0.2) is 5.96 Å². The Balaban J connectivity index is 0.00000312. The van der Waals surface area contributed by atoms with E-state index in [1.165, 1.54) is 5.56 Å². The van der Waals surface area contributed by atoms with Crippen molar-refractivity contribution in [3.05, 3.63) is 53.3 Å². The summed E-state index contributed by atoms with van der Waals surface area (Å²) in [6.07, 6.45) is 4.72. The molecule has 138 valence electrons. The van der Waals surface area contributed by atoms with Crippen molar-refractivity contribution in [1.29, 1.82) is 0 Å². The van der Waals surface area contributed by atoms with Gasteiger partial charge in [0, 0.05) is 43.6 Å². The van der Waals surface area contributed by atoms with E-state index in [9.17, 15) is 0 Å². The van der Waals surface area contributed by atoms with E-state index in [0.717, 1.165) is 43.6 Å². The summed E-state index contributed by atoms with van der Waals surface area (Å²) in [5.41, 5.74) is 1.26. The number of aliphatic imine (C=N–C) groups is 1. The maximum Gasteiger partial charge on any atom is 0.191 e. The maximum atomic E-state index is 5.91. The highest BCUT2D eigenvalue weighted by Crippen LogP contribution is 2.09. The summed E-state index contributed by atoms with van der Waals surface area (Å²) in [6.45, 7) is 7.57. The highest BCUT2D eigenvalue weighted by molar-refractivity contribution is 14.0. The molecule has 1 atom stereocenters. The molecule has 1 aromatic heterocycles. The quantitative estimate of drug-likeness (QED) is 0.349. The predicted molar refractivity (Wildman–Crippen MR) is 116 cm³/mol. The Labute approximate surface area is 172 Å². The van der Waals surface area contributed by atoms with Gasteiger partial charge in [-0.1, -0.05) is 30.7 Å². The summed E-state index contributed by atoms with van der Waals surface area (Å²) in [7, 11) is 0. The van der Waals surface area contributed by atoms with E-state index in [4.69, 9.17) is 11.6 Å². The first-order valence-corrected chi connectivity index (χ1v) is 8.79. The Bertz CT molecular complexity index is 613. The maximum absolute atomic E-state index is 5.91. The largest absolute Gasteiger partial charge is 0.357 e. The molecule has 0 saturated heterocycles. The standard InChI is InChI=1S/C18H26ClN5.HI/c1-3-20-18(21-11-9-16-5-7-17(19)8-6-16)22-13-15(2)14-24-12-4-10-23-24;/h4-8,10,12,15H,3,9,11,13-14H2,1-2H3,(H2,20,21,22);1H. The molecule has 2 N–H and O–H groups in total. The molecular formula is C18H27ClIN5. The van der Waals surface area contributed by atoms with E-state index >= 15 is 0 Å². The lowest BCUT2D eigenvalue weighted by Crippen LogP contribution is -2.38. The highest BCUT2D eigenvalue weighted by Gasteiger charge is 2.04. The minimum Gasteiger partial charge on any atom is -0.357 e.